The Labute approximate surface area is 88.0 Å². The molecule has 0 aromatic carbocycles. The van der Waals surface area contributed by atoms with Crippen molar-refractivity contribution in [2.45, 2.75) is 13.5 Å². The van der Waals surface area contributed by atoms with Crippen molar-refractivity contribution < 1.29 is 0 Å². The Balaban J connectivity index is 2.53. The largest absolute Gasteiger partial charge is 0.331 e. The first-order chi connectivity index (χ1) is 7.20. The molecule has 2 N–H and O–H groups in total. The fourth-order valence-electron chi connectivity index (χ4n) is 1.42. The van der Waals surface area contributed by atoms with Crippen LogP contribution in [0.1, 0.15) is 11.4 Å². The van der Waals surface area contributed by atoms with Crippen molar-refractivity contribution in [3.8, 4) is 11.6 Å². The first-order valence-corrected chi connectivity index (χ1v) is 4.73. The Kier molecular flexibility index (Phi) is 2.47. The number of hydrogen-bond donors (Lipinski definition) is 1. The topological polar surface area (TPSA) is 69.6 Å². The summed E-state index contributed by atoms with van der Waals surface area (Å²) >= 11 is 0. The van der Waals surface area contributed by atoms with Gasteiger partial charge in [-0.1, -0.05) is 0 Å². The predicted molar refractivity (Wildman–Crippen MR) is 56.9 cm³/mol. The van der Waals surface area contributed by atoms with Crippen molar-refractivity contribution in [2.24, 2.45) is 12.8 Å². The molecule has 78 valence electrons. The summed E-state index contributed by atoms with van der Waals surface area (Å²) in [6, 6.07) is 1.88. The SMILES string of the molecule is Cc1cc(CN)nc(-c2nccn2C)n1. The van der Waals surface area contributed by atoms with Gasteiger partial charge in [-0.2, -0.15) is 0 Å². The highest BCUT2D eigenvalue weighted by molar-refractivity contribution is 5.44. The molecule has 0 saturated heterocycles. The summed E-state index contributed by atoms with van der Waals surface area (Å²) in [5.74, 6) is 1.39. The lowest BCUT2D eigenvalue weighted by molar-refractivity contribution is 0.884. The molecule has 0 amide bonds. The molecule has 0 aliphatic carbocycles. The van der Waals surface area contributed by atoms with Gasteiger partial charge in [-0.25, -0.2) is 15.0 Å². The molecule has 0 aliphatic rings. The molecule has 0 atom stereocenters. The van der Waals surface area contributed by atoms with E-state index in [0.717, 1.165) is 17.2 Å². The molecule has 0 fully saturated rings. The Morgan fingerprint density at radius 1 is 1.40 bits per heavy atom. The Morgan fingerprint density at radius 2 is 2.20 bits per heavy atom. The molecule has 0 aliphatic heterocycles. The van der Waals surface area contributed by atoms with Crippen molar-refractivity contribution in [3.05, 3.63) is 29.8 Å². The van der Waals surface area contributed by atoms with Crippen LogP contribution in [-0.4, -0.2) is 19.5 Å². The second kappa shape index (κ2) is 3.78. The maximum absolute atomic E-state index is 5.56. The molecule has 0 unspecified atom stereocenters. The maximum Gasteiger partial charge on any atom is 0.196 e. The average Bonchev–Trinajstić information content (AvgIpc) is 2.63. The predicted octanol–water partition coefficient (Wildman–Crippen LogP) is 0.644. The van der Waals surface area contributed by atoms with Gasteiger partial charge in [0.2, 0.25) is 0 Å². The average molecular weight is 203 g/mol. The van der Waals surface area contributed by atoms with E-state index >= 15 is 0 Å². The monoisotopic (exact) mass is 203 g/mol. The number of nitrogens with two attached hydrogens (primary N) is 1. The third kappa shape index (κ3) is 1.87. The normalized spacial score (nSPS) is 10.6. The van der Waals surface area contributed by atoms with Crippen molar-refractivity contribution in [3.63, 3.8) is 0 Å². The van der Waals surface area contributed by atoms with Crippen LogP contribution in [0.4, 0.5) is 0 Å². The van der Waals surface area contributed by atoms with E-state index in [1.54, 1.807) is 6.20 Å². The maximum atomic E-state index is 5.56. The fraction of sp³-hybridized carbons (Fsp3) is 0.300. The molecule has 15 heavy (non-hydrogen) atoms. The summed E-state index contributed by atoms with van der Waals surface area (Å²) in [6.07, 6.45) is 3.59. The lowest BCUT2D eigenvalue weighted by Gasteiger charge is -2.04. The summed E-state index contributed by atoms with van der Waals surface area (Å²) in [5.41, 5.74) is 7.30. The van der Waals surface area contributed by atoms with Crippen LogP contribution in [0.15, 0.2) is 18.5 Å². The highest BCUT2D eigenvalue weighted by Gasteiger charge is 2.08. The van der Waals surface area contributed by atoms with E-state index in [4.69, 9.17) is 5.73 Å². The zero-order valence-corrected chi connectivity index (χ0v) is 8.81. The molecule has 0 radical (unpaired) electrons. The van der Waals surface area contributed by atoms with E-state index in [9.17, 15) is 0 Å². The Bertz CT molecular complexity index is 474. The van der Waals surface area contributed by atoms with Gasteiger partial charge in [-0.3, -0.25) is 0 Å². The van der Waals surface area contributed by atoms with Crippen LogP contribution in [-0.2, 0) is 13.6 Å². The van der Waals surface area contributed by atoms with Crippen molar-refractivity contribution in [2.75, 3.05) is 0 Å². The van der Waals surface area contributed by atoms with Crippen LogP contribution in [0.5, 0.6) is 0 Å². The van der Waals surface area contributed by atoms with E-state index in [0.29, 0.717) is 12.4 Å². The number of aromatic nitrogens is 4. The third-order valence-electron chi connectivity index (χ3n) is 2.14. The van der Waals surface area contributed by atoms with Crippen molar-refractivity contribution in [1.29, 1.82) is 0 Å². The molecule has 0 saturated carbocycles. The van der Waals surface area contributed by atoms with Crippen molar-refractivity contribution >= 4 is 0 Å². The number of hydrogen-bond acceptors (Lipinski definition) is 4. The number of imidazole rings is 1. The fourth-order valence-corrected chi connectivity index (χ4v) is 1.42. The van der Waals surface area contributed by atoms with Crippen LogP contribution in [0.2, 0.25) is 0 Å². The Hall–Kier alpha value is -1.75. The van der Waals surface area contributed by atoms with Gasteiger partial charge in [0.15, 0.2) is 11.6 Å². The van der Waals surface area contributed by atoms with Crippen LogP contribution in [0.25, 0.3) is 11.6 Å². The minimum atomic E-state index is 0.417. The summed E-state index contributed by atoms with van der Waals surface area (Å²) in [4.78, 5) is 12.9. The van der Waals surface area contributed by atoms with Crippen LogP contribution < -0.4 is 5.73 Å². The van der Waals surface area contributed by atoms with Gasteiger partial charge in [0, 0.05) is 31.7 Å². The van der Waals surface area contributed by atoms with Gasteiger partial charge in [0.1, 0.15) is 0 Å². The van der Waals surface area contributed by atoms with Gasteiger partial charge in [-0.05, 0) is 13.0 Å². The van der Waals surface area contributed by atoms with E-state index in [2.05, 4.69) is 15.0 Å². The van der Waals surface area contributed by atoms with Gasteiger partial charge in [0.25, 0.3) is 0 Å². The lowest BCUT2D eigenvalue weighted by Crippen LogP contribution is -2.05. The van der Waals surface area contributed by atoms with Gasteiger partial charge >= 0.3 is 0 Å². The first kappa shape index (κ1) is 9.79. The van der Waals surface area contributed by atoms with Gasteiger partial charge < -0.3 is 10.3 Å². The van der Waals surface area contributed by atoms with Crippen molar-refractivity contribution in [1.82, 2.24) is 19.5 Å². The molecule has 2 aromatic rings. The highest BCUT2D eigenvalue weighted by atomic mass is 15.1. The number of nitrogens with zero attached hydrogens (tertiary/aromatic N) is 4. The summed E-state index contributed by atoms with van der Waals surface area (Å²) in [6.45, 7) is 2.34. The van der Waals surface area contributed by atoms with E-state index in [-0.39, 0.29) is 0 Å². The minimum absolute atomic E-state index is 0.417. The molecule has 2 rings (SSSR count). The molecular formula is C10H13N5. The summed E-state index contributed by atoms with van der Waals surface area (Å²) in [5, 5.41) is 0. The van der Waals surface area contributed by atoms with Crippen LogP contribution >= 0.6 is 0 Å². The van der Waals surface area contributed by atoms with E-state index in [1.165, 1.54) is 0 Å². The standard InChI is InChI=1S/C10H13N5/c1-7-5-8(6-11)14-9(13-7)10-12-3-4-15(10)2/h3-5H,6,11H2,1-2H3. The van der Waals surface area contributed by atoms with E-state index < -0.39 is 0 Å². The van der Waals surface area contributed by atoms with Crippen LogP contribution in [0, 0.1) is 6.92 Å². The smallest absolute Gasteiger partial charge is 0.196 e. The summed E-state index contributed by atoms with van der Waals surface area (Å²) < 4.78 is 1.88. The third-order valence-corrected chi connectivity index (χ3v) is 2.14. The zero-order valence-electron chi connectivity index (χ0n) is 8.81. The highest BCUT2D eigenvalue weighted by Crippen LogP contribution is 2.12. The zero-order chi connectivity index (χ0) is 10.8. The first-order valence-electron chi connectivity index (χ1n) is 4.73. The molecule has 0 spiro atoms. The molecular weight excluding hydrogens is 190 g/mol. The second-order valence-corrected chi connectivity index (χ2v) is 3.39. The Morgan fingerprint density at radius 3 is 2.80 bits per heavy atom. The van der Waals surface area contributed by atoms with Gasteiger partial charge in [0.05, 0.1) is 5.69 Å². The molecule has 0 bridgehead atoms. The quantitative estimate of drug-likeness (QED) is 0.777. The molecule has 5 nitrogen and oxygen atoms in total. The number of rotatable bonds is 2. The number of aryl methyl sites for hydroxylation is 2. The molecule has 2 heterocycles. The van der Waals surface area contributed by atoms with Crippen LogP contribution in [0.3, 0.4) is 0 Å². The molecule has 5 heteroatoms. The van der Waals surface area contributed by atoms with E-state index in [1.807, 2.05) is 30.8 Å². The molecule has 2 aromatic heterocycles. The summed E-state index contributed by atoms with van der Waals surface area (Å²) in [7, 11) is 1.91. The lowest BCUT2D eigenvalue weighted by atomic mass is 10.3. The second-order valence-electron chi connectivity index (χ2n) is 3.39. The minimum Gasteiger partial charge on any atom is -0.331 e. The van der Waals surface area contributed by atoms with Gasteiger partial charge in [-0.15, -0.1) is 0 Å².